The number of carbonyl (C=O) groups is 1. The van der Waals surface area contributed by atoms with Crippen LogP contribution in [0.1, 0.15) is 11.1 Å². The normalized spacial score (nSPS) is 17.6. The van der Waals surface area contributed by atoms with Crippen molar-refractivity contribution in [2.75, 3.05) is 32.8 Å². The topological polar surface area (TPSA) is 63.5 Å². The van der Waals surface area contributed by atoms with Gasteiger partial charge in [-0.25, -0.2) is 4.68 Å². The molecule has 2 aromatic rings. The highest BCUT2D eigenvalue weighted by molar-refractivity contribution is 5.76. The highest BCUT2D eigenvalue weighted by Gasteiger charge is 2.22. The van der Waals surface area contributed by atoms with Crippen molar-refractivity contribution in [1.82, 2.24) is 24.8 Å². The Morgan fingerprint density at radius 1 is 1.21 bits per heavy atom. The summed E-state index contributed by atoms with van der Waals surface area (Å²) in [5.74, 6) is 1.14. The summed E-state index contributed by atoms with van der Waals surface area (Å²) in [6.07, 6.45) is 4.31. The number of aromatic nitrogens is 3. The minimum absolute atomic E-state index is 0.106. The molecule has 4 rings (SSSR count). The Hall–Kier alpha value is -2.41. The minimum atomic E-state index is 0.106. The number of carbonyl (C=O) groups excluding carboxylic acids is 1. The first-order valence-electron chi connectivity index (χ1n) is 8.37. The smallest absolute Gasteiger partial charge is 0.244 e. The van der Waals surface area contributed by atoms with Crippen LogP contribution in [0.15, 0.2) is 30.6 Å². The summed E-state index contributed by atoms with van der Waals surface area (Å²) in [6.45, 7) is 5.32. The van der Waals surface area contributed by atoms with Gasteiger partial charge in [0.05, 0.1) is 12.8 Å². The molecule has 0 bridgehead atoms. The summed E-state index contributed by atoms with van der Waals surface area (Å²) < 4.78 is 7.13. The third-order valence-electron chi connectivity index (χ3n) is 4.65. The maximum Gasteiger partial charge on any atom is 0.244 e. The molecule has 0 saturated carbocycles. The van der Waals surface area contributed by atoms with Gasteiger partial charge in [-0.3, -0.25) is 9.69 Å². The highest BCUT2D eigenvalue weighted by Crippen LogP contribution is 2.26. The van der Waals surface area contributed by atoms with Gasteiger partial charge in [0, 0.05) is 45.3 Å². The molecule has 24 heavy (non-hydrogen) atoms. The second-order valence-electron chi connectivity index (χ2n) is 6.30. The van der Waals surface area contributed by atoms with Crippen LogP contribution in [0.5, 0.6) is 5.75 Å². The fourth-order valence-corrected chi connectivity index (χ4v) is 3.31. The number of benzene rings is 1. The lowest BCUT2D eigenvalue weighted by Gasteiger charge is -2.34. The van der Waals surface area contributed by atoms with Gasteiger partial charge in [-0.1, -0.05) is 17.3 Å². The second kappa shape index (κ2) is 6.60. The van der Waals surface area contributed by atoms with Gasteiger partial charge in [0.25, 0.3) is 0 Å². The maximum atomic E-state index is 12.3. The summed E-state index contributed by atoms with van der Waals surface area (Å²) in [5.41, 5.74) is 2.63. The molecule has 0 atom stereocenters. The van der Waals surface area contributed by atoms with E-state index in [2.05, 4.69) is 33.4 Å². The number of amides is 1. The van der Waals surface area contributed by atoms with Crippen molar-refractivity contribution in [3.05, 3.63) is 41.7 Å². The number of hydrogen-bond acceptors (Lipinski definition) is 5. The number of nitrogens with zero attached hydrogens (tertiary/aromatic N) is 5. The van der Waals surface area contributed by atoms with Crippen LogP contribution in [0.3, 0.4) is 0 Å². The summed E-state index contributed by atoms with van der Waals surface area (Å²) in [5, 5.41) is 7.58. The van der Waals surface area contributed by atoms with Crippen LogP contribution in [0.25, 0.3) is 0 Å². The monoisotopic (exact) mass is 327 g/mol. The molecule has 1 amide bonds. The van der Waals surface area contributed by atoms with Crippen LogP contribution in [0, 0.1) is 0 Å². The molecule has 0 spiro atoms. The van der Waals surface area contributed by atoms with E-state index in [1.807, 2.05) is 4.90 Å². The van der Waals surface area contributed by atoms with Crippen LogP contribution >= 0.6 is 0 Å². The Labute approximate surface area is 140 Å². The van der Waals surface area contributed by atoms with E-state index in [0.29, 0.717) is 0 Å². The molecule has 1 fully saturated rings. The summed E-state index contributed by atoms with van der Waals surface area (Å²) >= 11 is 0. The first kappa shape index (κ1) is 15.1. The molecule has 1 saturated heterocycles. The first-order valence-corrected chi connectivity index (χ1v) is 8.37. The average Bonchev–Trinajstić information content (AvgIpc) is 3.26. The largest absolute Gasteiger partial charge is 0.493 e. The molecule has 3 heterocycles. The summed E-state index contributed by atoms with van der Waals surface area (Å²) in [6, 6.07) is 6.48. The van der Waals surface area contributed by atoms with Crippen LogP contribution in [-0.4, -0.2) is 63.5 Å². The molecule has 7 heteroatoms. The Bertz CT molecular complexity index is 708. The van der Waals surface area contributed by atoms with Gasteiger partial charge in [0.15, 0.2) is 0 Å². The van der Waals surface area contributed by atoms with Gasteiger partial charge < -0.3 is 9.64 Å². The van der Waals surface area contributed by atoms with Crippen LogP contribution in [-0.2, 0) is 24.3 Å². The summed E-state index contributed by atoms with van der Waals surface area (Å²) in [4.78, 5) is 16.6. The van der Waals surface area contributed by atoms with Crippen molar-refractivity contribution in [2.45, 2.75) is 19.5 Å². The van der Waals surface area contributed by atoms with Gasteiger partial charge >= 0.3 is 0 Å². The van der Waals surface area contributed by atoms with Gasteiger partial charge in [0.2, 0.25) is 5.91 Å². The van der Waals surface area contributed by atoms with E-state index < -0.39 is 0 Å². The molecule has 1 aromatic carbocycles. The van der Waals surface area contributed by atoms with Crippen molar-refractivity contribution in [2.24, 2.45) is 0 Å². The number of ether oxygens (including phenoxy) is 1. The van der Waals surface area contributed by atoms with Crippen LogP contribution in [0.2, 0.25) is 0 Å². The zero-order valence-corrected chi connectivity index (χ0v) is 13.6. The quantitative estimate of drug-likeness (QED) is 0.821. The third-order valence-corrected chi connectivity index (χ3v) is 4.65. The Morgan fingerprint density at radius 3 is 2.88 bits per heavy atom. The van der Waals surface area contributed by atoms with Crippen molar-refractivity contribution >= 4 is 5.91 Å². The van der Waals surface area contributed by atoms with Gasteiger partial charge in [-0.15, -0.1) is 5.10 Å². The molecule has 126 valence electrons. The maximum absolute atomic E-state index is 12.3. The fourth-order valence-electron chi connectivity index (χ4n) is 3.31. The van der Waals surface area contributed by atoms with Crippen molar-refractivity contribution in [3.8, 4) is 5.75 Å². The van der Waals surface area contributed by atoms with E-state index in [9.17, 15) is 4.79 Å². The zero-order valence-electron chi connectivity index (χ0n) is 13.6. The van der Waals surface area contributed by atoms with E-state index in [4.69, 9.17) is 4.74 Å². The summed E-state index contributed by atoms with van der Waals surface area (Å²) in [7, 11) is 0. The Balaban J connectivity index is 1.29. The number of piperazine rings is 1. The van der Waals surface area contributed by atoms with E-state index >= 15 is 0 Å². The zero-order chi connectivity index (χ0) is 16.4. The van der Waals surface area contributed by atoms with Gasteiger partial charge in [-0.05, 0) is 17.2 Å². The third kappa shape index (κ3) is 3.26. The standard InChI is InChI=1S/C17H21N5O2/c23-17(13-22-5-4-18-19-22)21-8-6-20(7-9-21)12-14-1-2-16-15(11-14)3-10-24-16/h1-2,4-5,11H,3,6-10,12-13H2. The van der Waals surface area contributed by atoms with E-state index in [-0.39, 0.29) is 12.5 Å². The second-order valence-corrected chi connectivity index (χ2v) is 6.30. The van der Waals surface area contributed by atoms with E-state index in [0.717, 1.165) is 51.5 Å². The van der Waals surface area contributed by atoms with Crippen molar-refractivity contribution in [3.63, 3.8) is 0 Å². The predicted octanol–water partition coefficient (Wildman–Crippen LogP) is 0.557. The molecule has 0 aliphatic carbocycles. The van der Waals surface area contributed by atoms with E-state index in [1.165, 1.54) is 11.1 Å². The first-order chi connectivity index (χ1) is 11.8. The molecule has 0 unspecified atom stereocenters. The molecule has 0 radical (unpaired) electrons. The van der Waals surface area contributed by atoms with E-state index in [1.54, 1.807) is 17.1 Å². The molecular formula is C17H21N5O2. The number of rotatable bonds is 4. The lowest BCUT2D eigenvalue weighted by atomic mass is 10.1. The van der Waals surface area contributed by atoms with Gasteiger partial charge in [0.1, 0.15) is 12.3 Å². The highest BCUT2D eigenvalue weighted by atomic mass is 16.5. The van der Waals surface area contributed by atoms with Crippen molar-refractivity contribution in [1.29, 1.82) is 0 Å². The lowest BCUT2D eigenvalue weighted by Crippen LogP contribution is -2.49. The molecule has 2 aliphatic rings. The minimum Gasteiger partial charge on any atom is -0.493 e. The Kier molecular flexibility index (Phi) is 4.17. The number of fused-ring (bicyclic) bond motifs is 1. The molecule has 1 aromatic heterocycles. The SMILES string of the molecule is O=C(Cn1ccnn1)N1CCN(Cc2ccc3c(c2)CCO3)CC1. The number of hydrogen-bond donors (Lipinski definition) is 0. The average molecular weight is 327 g/mol. The molecule has 2 aliphatic heterocycles. The predicted molar refractivity (Wildman–Crippen MR) is 87.5 cm³/mol. The lowest BCUT2D eigenvalue weighted by molar-refractivity contribution is -0.133. The molecule has 0 N–H and O–H groups in total. The van der Waals surface area contributed by atoms with Crippen molar-refractivity contribution < 1.29 is 9.53 Å². The fraction of sp³-hybridized carbons (Fsp3) is 0.471. The van der Waals surface area contributed by atoms with Gasteiger partial charge in [-0.2, -0.15) is 0 Å². The molecule has 7 nitrogen and oxygen atoms in total. The van der Waals surface area contributed by atoms with Crippen LogP contribution in [0.4, 0.5) is 0 Å². The molecular weight excluding hydrogens is 306 g/mol. The van der Waals surface area contributed by atoms with Crippen LogP contribution < -0.4 is 4.74 Å². The Morgan fingerprint density at radius 2 is 2.08 bits per heavy atom.